The molecule has 1 rings (SSSR count). The molecule has 0 fully saturated rings. The molecule has 0 bridgehead atoms. The second kappa shape index (κ2) is 8.03. The fourth-order valence-electron chi connectivity index (χ4n) is 1.71. The number of unbranched alkanes of at least 4 members (excludes halogenated alkanes) is 1. The highest BCUT2D eigenvalue weighted by Crippen LogP contribution is 2.08. The molecule has 0 aliphatic carbocycles. The molecule has 4 N–H and O–H groups in total. The van der Waals surface area contributed by atoms with Crippen molar-refractivity contribution in [2.24, 2.45) is 5.73 Å². The first-order chi connectivity index (χ1) is 9.97. The SMILES string of the molecule is CCCCc1cc(C(=O)N[C@@H](CC(N)=O)C(=O)NC)on1. The molecule has 3 amide bonds. The summed E-state index contributed by atoms with van der Waals surface area (Å²) in [6, 6.07) is 0.486. The number of aryl methyl sites for hydroxylation is 1. The lowest BCUT2D eigenvalue weighted by Crippen LogP contribution is -2.47. The number of hydrogen-bond acceptors (Lipinski definition) is 5. The van der Waals surface area contributed by atoms with Gasteiger partial charge in [0.15, 0.2) is 0 Å². The Balaban J connectivity index is 2.70. The normalized spacial score (nSPS) is 11.7. The largest absolute Gasteiger partial charge is 0.370 e. The number of carbonyl (C=O) groups excluding carboxylic acids is 3. The Morgan fingerprint density at radius 1 is 1.43 bits per heavy atom. The smallest absolute Gasteiger partial charge is 0.290 e. The first-order valence-corrected chi connectivity index (χ1v) is 6.74. The van der Waals surface area contributed by atoms with Crippen LogP contribution in [-0.4, -0.2) is 36.0 Å². The molecule has 1 aromatic rings. The maximum atomic E-state index is 12.0. The van der Waals surface area contributed by atoms with Gasteiger partial charge in [0.25, 0.3) is 5.91 Å². The number of rotatable bonds is 8. The molecule has 0 radical (unpaired) electrons. The Bertz CT molecular complexity index is 512. The van der Waals surface area contributed by atoms with Gasteiger partial charge >= 0.3 is 0 Å². The number of nitrogens with zero attached hydrogens (tertiary/aromatic N) is 1. The van der Waals surface area contributed by atoms with E-state index in [1.165, 1.54) is 13.1 Å². The standard InChI is InChI=1S/C13H20N4O4/c1-3-4-5-8-6-10(21-17-8)13(20)16-9(7-11(14)18)12(19)15-2/h6,9H,3-5,7H2,1-2H3,(H2,14,18)(H,15,19)(H,16,20)/t9-/m0/s1. The van der Waals surface area contributed by atoms with Crippen molar-refractivity contribution in [2.75, 3.05) is 7.05 Å². The lowest BCUT2D eigenvalue weighted by Gasteiger charge is -2.14. The molecule has 8 nitrogen and oxygen atoms in total. The van der Waals surface area contributed by atoms with Gasteiger partial charge in [0.05, 0.1) is 12.1 Å². The van der Waals surface area contributed by atoms with Crippen LogP contribution in [0.25, 0.3) is 0 Å². The Labute approximate surface area is 122 Å². The van der Waals surface area contributed by atoms with Crippen LogP contribution in [0.2, 0.25) is 0 Å². The molecular weight excluding hydrogens is 276 g/mol. The molecule has 116 valence electrons. The zero-order valence-electron chi connectivity index (χ0n) is 12.1. The summed E-state index contributed by atoms with van der Waals surface area (Å²) in [6.07, 6.45) is 2.37. The van der Waals surface area contributed by atoms with Crippen molar-refractivity contribution in [3.05, 3.63) is 17.5 Å². The summed E-state index contributed by atoms with van der Waals surface area (Å²) in [7, 11) is 1.40. The predicted molar refractivity (Wildman–Crippen MR) is 74.2 cm³/mol. The molecule has 1 aromatic heterocycles. The van der Waals surface area contributed by atoms with Crippen LogP contribution in [0.1, 0.15) is 42.4 Å². The van der Waals surface area contributed by atoms with Gasteiger partial charge < -0.3 is 20.9 Å². The van der Waals surface area contributed by atoms with E-state index in [1.54, 1.807) is 0 Å². The molecule has 0 spiro atoms. The van der Waals surface area contributed by atoms with Gasteiger partial charge in [-0.3, -0.25) is 14.4 Å². The van der Waals surface area contributed by atoms with Gasteiger partial charge in [0.1, 0.15) is 6.04 Å². The van der Waals surface area contributed by atoms with E-state index < -0.39 is 23.8 Å². The molecule has 0 unspecified atom stereocenters. The fourth-order valence-corrected chi connectivity index (χ4v) is 1.71. The van der Waals surface area contributed by atoms with Crippen LogP contribution in [0.15, 0.2) is 10.6 Å². The summed E-state index contributed by atoms with van der Waals surface area (Å²) in [5, 5.41) is 8.53. The van der Waals surface area contributed by atoms with Crippen molar-refractivity contribution >= 4 is 17.7 Å². The van der Waals surface area contributed by atoms with Crippen LogP contribution >= 0.6 is 0 Å². The van der Waals surface area contributed by atoms with Gasteiger partial charge in [-0.1, -0.05) is 18.5 Å². The van der Waals surface area contributed by atoms with Crippen LogP contribution in [-0.2, 0) is 16.0 Å². The van der Waals surface area contributed by atoms with E-state index in [2.05, 4.69) is 15.8 Å². The molecule has 0 aliphatic heterocycles. The maximum Gasteiger partial charge on any atom is 0.290 e. The van der Waals surface area contributed by atoms with E-state index in [9.17, 15) is 14.4 Å². The molecule has 8 heteroatoms. The first-order valence-electron chi connectivity index (χ1n) is 6.74. The molecule has 21 heavy (non-hydrogen) atoms. The third-order valence-electron chi connectivity index (χ3n) is 2.84. The van der Waals surface area contributed by atoms with Crippen LogP contribution in [0, 0.1) is 0 Å². The van der Waals surface area contributed by atoms with Crippen molar-refractivity contribution < 1.29 is 18.9 Å². The maximum absolute atomic E-state index is 12.0. The summed E-state index contributed by atoms with van der Waals surface area (Å²) in [5.41, 5.74) is 5.73. The molecular formula is C13H20N4O4. The Morgan fingerprint density at radius 2 is 2.14 bits per heavy atom. The average molecular weight is 296 g/mol. The van der Waals surface area contributed by atoms with E-state index >= 15 is 0 Å². The highest BCUT2D eigenvalue weighted by Gasteiger charge is 2.24. The third kappa shape index (κ3) is 5.25. The van der Waals surface area contributed by atoms with Crippen LogP contribution < -0.4 is 16.4 Å². The van der Waals surface area contributed by atoms with Crippen LogP contribution in [0.3, 0.4) is 0 Å². The summed E-state index contributed by atoms with van der Waals surface area (Å²) in [5.74, 6) is -1.81. The molecule has 0 aliphatic rings. The van der Waals surface area contributed by atoms with Gasteiger partial charge in [0.2, 0.25) is 17.6 Å². The van der Waals surface area contributed by atoms with E-state index in [4.69, 9.17) is 10.3 Å². The number of likely N-dealkylation sites (N-methyl/N-ethyl adjacent to an activating group) is 1. The van der Waals surface area contributed by atoms with Crippen LogP contribution in [0.5, 0.6) is 0 Å². The van der Waals surface area contributed by atoms with Crippen molar-refractivity contribution in [3.63, 3.8) is 0 Å². The van der Waals surface area contributed by atoms with E-state index in [0.29, 0.717) is 12.1 Å². The number of nitrogens with two attached hydrogens (primary N) is 1. The van der Waals surface area contributed by atoms with E-state index in [-0.39, 0.29) is 12.2 Å². The summed E-state index contributed by atoms with van der Waals surface area (Å²) in [6.45, 7) is 2.05. The molecule has 1 atom stereocenters. The number of amides is 3. The Morgan fingerprint density at radius 3 is 2.71 bits per heavy atom. The fraction of sp³-hybridized carbons (Fsp3) is 0.538. The zero-order valence-corrected chi connectivity index (χ0v) is 12.1. The number of aromatic nitrogens is 1. The summed E-state index contributed by atoms with van der Waals surface area (Å²) >= 11 is 0. The predicted octanol–water partition coefficient (Wildman–Crippen LogP) is -0.263. The first kappa shape index (κ1) is 16.7. The monoisotopic (exact) mass is 296 g/mol. The summed E-state index contributed by atoms with van der Waals surface area (Å²) in [4.78, 5) is 34.5. The van der Waals surface area contributed by atoms with Gasteiger partial charge in [0, 0.05) is 13.1 Å². The lowest BCUT2D eigenvalue weighted by molar-refractivity contribution is -0.126. The van der Waals surface area contributed by atoms with Crippen molar-refractivity contribution in [1.29, 1.82) is 0 Å². The lowest BCUT2D eigenvalue weighted by atomic mass is 10.1. The highest BCUT2D eigenvalue weighted by atomic mass is 16.5. The minimum Gasteiger partial charge on any atom is -0.370 e. The number of hydrogen-bond donors (Lipinski definition) is 3. The topological polar surface area (TPSA) is 127 Å². The van der Waals surface area contributed by atoms with Gasteiger partial charge in [-0.2, -0.15) is 0 Å². The van der Waals surface area contributed by atoms with Crippen molar-refractivity contribution in [2.45, 2.75) is 38.6 Å². The minimum atomic E-state index is -1.04. The quantitative estimate of drug-likeness (QED) is 0.609. The average Bonchev–Trinajstić information content (AvgIpc) is 2.91. The zero-order chi connectivity index (χ0) is 15.8. The van der Waals surface area contributed by atoms with Gasteiger partial charge in [-0.15, -0.1) is 0 Å². The number of primary amides is 1. The van der Waals surface area contributed by atoms with Gasteiger partial charge in [-0.25, -0.2) is 0 Å². The summed E-state index contributed by atoms with van der Waals surface area (Å²) < 4.78 is 4.93. The second-order valence-electron chi connectivity index (χ2n) is 4.60. The molecule has 1 heterocycles. The highest BCUT2D eigenvalue weighted by molar-refractivity contribution is 5.97. The van der Waals surface area contributed by atoms with Crippen molar-refractivity contribution in [1.82, 2.24) is 15.8 Å². The number of nitrogens with one attached hydrogen (secondary N) is 2. The Hall–Kier alpha value is -2.38. The molecule has 0 saturated carbocycles. The van der Waals surface area contributed by atoms with Crippen LogP contribution in [0.4, 0.5) is 0 Å². The molecule has 0 aromatic carbocycles. The van der Waals surface area contributed by atoms with E-state index in [1.807, 2.05) is 6.92 Å². The number of carbonyl (C=O) groups is 3. The second-order valence-corrected chi connectivity index (χ2v) is 4.60. The Kier molecular flexibility index (Phi) is 6.38. The molecule has 0 saturated heterocycles. The third-order valence-corrected chi connectivity index (χ3v) is 2.84. The minimum absolute atomic E-state index is 0.000485. The van der Waals surface area contributed by atoms with E-state index in [0.717, 1.165) is 12.8 Å². The van der Waals surface area contributed by atoms with Gasteiger partial charge in [-0.05, 0) is 12.8 Å². The van der Waals surface area contributed by atoms with Crippen molar-refractivity contribution in [3.8, 4) is 0 Å².